The van der Waals surface area contributed by atoms with Crippen LogP contribution in [0.5, 0.6) is 5.75 Å². The Kier molecular flexibility index (Phi) is 4.30. The monoisotopic (exact) mass is 356 g/mol. The Labute approximate surface area is 157 Å². The first kappa shape index (κ1) is 17.8. The summed E-state index contributed by atoms with van der Waals surface area (Å²) in [5.41, 5.74) is 2.55. The van der Waals surface area contributed by atoms with E-state index in [0.717, 1.165) is 50.0 Å². The third-order valence-corrected chi connectivity index (χ3v) is 6.33. The SMILES string of the molecule is COc1ccc2c(c1)C1(CCN(C3CC3)CC1)CN2C(=O)CC(C)(C)C. The predicted molar refractivity (Wildman–Crippen MR) is 105 cm³/mol. The smallest absolute Gasteiger partial charge is 0.227 e. The van der Waals surface area contributed by atoms with E-state index in [1.54, 1.807) is 7.11 Å². The van der Waals surface area contributed by atoms with Crippen molar-refractivity contribution in [2.75, 3.05) is 31.6 Å². The summed E-state index contributed by atoms with van der Waals surface area (Å²) >= 11 is 0. The molecule has 0 aromatic heterocycles. The molecule has 0 N–H and O–H groups in total. The summed E-state index contributed by atoms with van der Waals surface area (Å²) < 4.78 is 5.51. The van der Waals surface area contributed by atoms with Gasteiger partial charge in [-0.15, -0.1) is 0 Å². The Morgan fingerprint density at radius 2 is 1.92 bits per heavy atom. The highest BCUT2D eigenvalue weighted by Crippen LogP contribution is 2.49. The van der Waals surface area contributed by atoms with Crippen molar-refractivity contribution in [2.45, 2.75) is 64.3 Å². The van der Waals surface area contributed by atoms with E-state index < -0.39 is 0 Å². The zero-order valence-corrected chi connectivity index (χ0v) is 16.7. The number of nitrogens with zero attached hydrogens (tertiary/aromatic N) is 2. The van der Waals surface area contributed by atoms with Crippen LogP contribution in [0.25, 0.3) is 0 Å². The zero-order valence-electron chi connectivity index (χ0n) is 16.7. The van der Waals surface area contributed by atoms with Crippen LogP contribution in [-0.4, -0.2) is 43.6 Å². The number of methoxy groups -OCH3 is 1. The number of fused-ring (bicyclic) bond motifs is 2. The molecule has 4 nitrogen and oxygen atoms in total. The molecule has 142 valence electrons. The maximum atomic E-state index is 13.1. The van der Waals surface area contributed by atoms with Crippen LogP contribution in [0.4, 0.5) is 5.69 Å². The first-order valence-corrected chi connectivity index (χ1v) is 10.0. The minimum Gasteiger partial charge on any atom is -0.497 e. The second-order valence-electron chi connectivity index (χ2n) is 9.65. The number of ether oxygens (including phenoxy) is 1. The van der Waals surface area contributed by atoms with Crippen molar-refractivity contribution in [1.82, 2.24) is 4.90 Å². The highest BCUT2D eigenvalue weighted by atomic mass is 16.5. The molecule has 2 fully saturated rings. The zero-order chi connectivity index (χ0) is 18.5. The van der Waals surface area contributed by atoms with Crippen LogP contribution < -0.4 is 9.64 Å². The van der Waals surface area contributed by atoms with Crippen molar-refractivity contribution < 1.29 is 9.53 Å². The quantitative estimate of drug-likeness (QED) is 0.821. The van der Waals surface area contributed by atoms with Gasteiger partial charge in [0.15, 0.2) is 0 Å². The molecule has 26 heavy (non-hydrogen) atoms. The van der Waals surface area contributed by atoms with Crippen LogP contribution >= 0.6 is 0 Å². The molecule has 3 aliphatic rings. The fourth-order valence-corrected chi connectivity index (χ4v) is 4.73. The highest BCUT2D eigenvalue weighted by molar-refractivity contribution is 5.96. The Balaban J connectivity index is 1.63. The van der Waals surface area contributed by atoms with Crippen LogP contribution in [0.1, 0.15) is 58.4 Å². The number of hydrogen-bond acceptors (Lipinski definition) is 3. The minimum absolute atomic E-state index is 0.00874. The average Bonchev–Trinajstić information content (AvgIpc) is 3.39. The molecular weight excluding hydrogens is 324 g/mol. The summed E-state index contributed by atoms with van der Waals surface area (Å²) in [6.45, 7) is 9.56. The van der Waals surface area contributed by atoms with Gasteiger partial charge in [-0.3, -0.25) is 4.79 Å². The Morgan fingerprint density at radius 3 is 2.50 bits per heavy atom. The van der Waals surface area contributed by atoms with Crippen molar-refractivity contribution in [3.05, 3.63) is 23.8 Å². The second kappa shape index (κ2) is 6.26. The summed E-state index contributed by atoms with van der Waals surface area (Å²) in [4.78, 5) is 17.8. The van der Waals surface area contributed by atoms with E-state index in [-0.39, 0.29) is 16.7 Å². The predicted octanol–water partition coefficient (Wildman–Crippen LogP) is 3.97. The first-order valence-electron chi connectivity index (χ1n) is 10.0. The summed E-state index contributed by atoms with van der Waals surface area (Å²) in [6.07, 6.45) is 5.61. The fraction of sp³-hybridized carbons (Fsp3) is 0.682. The van der Waals surface area contributed by atoms with Crippen molar-refractivity contribution in [2.24, 2.45) is 5.41 Å². The van der Waals surface area contributed by atoms with Gasteiger partial charge in [-0.1, -0.05) is 20.8 Å². The number of rotatable bonds is 3. The molecule has 1 amide bonds. The molecule has 4 heteroatoms. The lowest BCUT2D eigenvalue weighted by atomic mass is 9.74. The molecule has 1 aromatic carbocycles. The van der Waals surface area contributed by atoms with Crippen LogP contribution in [-0.2, 0) is 10.2 Å². The van der Waals surface area contributed by atoms with E-state index in [1.165, 1.54) is 18.4 Å². The summed E-state index contributed by atoms with van der Waals surface area (Å²) in [7, 11) is 1.72. The topological polar surface area (TPSA) is 32.8 Å². The molecular formula is C22H32N2O2. The number of anilines is 1. The lowest BCUT2D eigenvalue weighted by molar-refractivity contribution is -0.120. The maximum Gasteiger partial charge on any atom is 0.227 e. The molecule has 0 radical (unpaired) electrons. The summed E-state index contributed by atoms with van der Waals surface area (Å²) in [5, 5.41) is 0. The van der Waals surface area contributed by atoms with Crippen LogP contribution in [0.15, 0.2) is 18.2 Å². The van der Waals surface area contributed by atoms with Gasteiger partial charge in [-0.05, 0) is 68.0 Å². The lowest BCUT2D eigenvalue weighted by Gasteiger charge is -2.40. The van der Waals surface area contributed by atoms with Gasteiger partial charge in [0.05, 0.1) is 7.11 Å². The molecule has 0 bridgehead atoms. The van der Waals surface area contributed by atoms with Crippen molar-refractivity contribution in [3.63, 3.8) is 0 Å². The van der Waals surface area contributed by atoms with Gasteiger partial charge in [-0.2, -0.15) is 0 Å². The van der Waals surface area contributed by atoms with Crippen LogP contribution in [0, 0.1) is 5.41 Å². The van der Waals surface area contributed by atoms with E-state index in [1.807, 2.05) is 6.07 Å². The van der Waals surface area contributed by atoms with E-state index >= 15 is 0 Å². The van der Waals surface area contributed by atoms with Gasteiger partial charge in [0.2, 0.25) is 5.91 Å². The number of hydrogen-bond donors (Lipinski definition) is 0. The normalized spacial score (nSPS) is 22.5. The fourth-order valence-electron chi connectivity index (χ4n) is 4.73. The van der Waals surface area contributed by atoms with Crippen LogP contribution in [0.2, 0.25) is 0 Å². The number of carbonyl (C=O) groups excluding carboxylic acids is 1. The van der Waals surface area contributed by atoms with Gasteiger partial charge in [0, 0.05) is 30.1 Å². The van der Waals surface area contributed by atoms with Gasteiger partial charge in [0.1, 0.15) is 5.75 Å². The van der Waals surface area contributed by atoms with Crippen LogP contribution in [0.3, 0.4) is 0 Å². The largest absolute Gasteiger partial charge is 0.497 e. The Bertz CT molecular complexity index is 695. The van der Waals surface area contributed by atoms with E-state index in [9.17, 15) is 4.79 Å². The number of amides is 1. The molecule has 1 saturated carbocycles. The molecule has 2 heterocycles. The molecule has 4 rings (SSSR count). The van der Waals surface area contributed by atoms with Gasteiger partial charge >= 0.3 is 0 Å². The molecule has 0 unspecified atom stereocenters. The number of carbonyl (C=O) groups is 1. The summed E-state index contributed by atoms with van der Waals surface area (Å²) in [5.74, 6) is 1.16. The van der Waals surface area contributed by atoms with E-state index in [0.29, 0.717) is 6.42 Å². The Hall–Kier alpha value is -1.55. The second-order valence-corrected chi connectivity index (χ2v) is 9.65. The van der Waals surface area contributed by atoms with Crippen molar-refractivity contribution in [3.8, 4) is 5.75 Å². The average molecular weight is 357 g/mol. The van der Waals surface area contributed by atoms with E-state index in [2.05, 4.69) is 42.7 Å². The lowest BCUT2D eigenvalue weighted by Crippen LogP contribution is -2.46. The number of benzene rings is 1. The molecule has 1 aliphatic carbocycles. The molecule has 2 aliphatic heterocycles. The third-order valence-electron chi connectivity index (χ3n) is 6.33. The van der Waals surface area contributed by atoms with Gasteiger partial charge < -0.3 is 14.5 Å². The van der Waals surface area contributed by atoms with Crippen molar-refractivity contribution >= 4 is 11.6 Å². The first-order chi connectivity index (χ1) is 12.3. The third kappa shape index (κ3) is 3.24. The van der Waals surface area contributed by atoms with E-state index in [4.69, 9.17) is 4.74 Å². The number of likely N-dealkylation sites (tertiary alicyclic amines) is 1. The Morgan fingerprint density at radius 1 is 1.23 bits per heavy atom. The van der Waals surface area contributed by atoms with Gasteiger partial charge in [-0.25, -0.2) is 0 Å². The highest BCUT2D eigenvalue weighted by Gasteiger charge is 2.48. The molecule has 1 aromatic rings. The minimum atomic E-state index is 0.00874. The molecule has 0 atom stereocenters. The molecule has 1 saturated heterocycles. The number of piperidine rings is 1. The van der Waals surface area contributed by atoms with Gasteiger partial charge in [0.25, 0.3) is 0 Å². The maximum absolute atomic E-state index is 13.1. The molecule has 1 spiro atoms. The van der Waals surface area contributed by atoms with Crippen molar-refractivity contribution in [1.29, 1.82) is 0 Å². The standard InChI is InChI=1S/C22H32N2O2/c1-21(2,3)14-20(25)24-15-22(9-11-23(12-10-22)16-5-6-16)18-13-17(26-4)7-8-19(18)24/h7-8,13,16H,5-6,9-12,14-15H2,1-4H3. The summed E-state index contributed by atoms with van der Waals surface area (Å²) in [6, 6.07) is 7.11.